The van der Waals surface area contributed by atoms with E-state index in [0.29, 0.717) is 23.9 Å². The van der Waals surface area contributed by atoms with Crippen molar-refractivity contribution in [2.75, 3.05) is 25.4 Å². The largest absolute Gasteiger partial charge is 0.375 e. The monoisotopic (exact) mass is 368 g/mol. The van der Waals surface area contributed by atoms with Gasteiger partial charge in [0.15, 0.2) is 5.13 Å². The molecule has 134 valence electrons. The predicted molar refractivity (Wildman–Crippen MR) is 101 cm³/mol. The molecule has 1 amide bonds. The fourth-order valence-corrected chi connectivity index (χ4v) is 4.82. The van der Waals surface area contributed by atoms with E-state index in [9.17, 15) is 4.79 Å². The van der Waals surface area contributed by atoms with Crippen LogP contribution in [0.25, 0.3) is 10.9 Å². The molecule has 1 fully saturated rings. The molecular formula is C19H20N4O2S. The summed E-state index contributed by atoms with van der Waals surface area (Å²) in [6.07, 6.45) is 2.51. The van der Waals surface area contributed by atoms with Gasteiger partial charge in [0.05, 0.1) is 12.3 Å². The van der Waals surface area contributed by atoms with E-state index in [1.54, 1.807) is 5.38 Å². The number of nitrogen functional groups attached to an aromatic ring is 1. The van der Waals surface area contributed by atoms with Gasteiger partial charge in [-0.1, -0.05) is 18.2 Å². The molecule has 0 atom stereocenters. The van der Waals surface area contributed by atoms with Crippen LogP contribution in [0.5, 0.6) is 0 Å². The van der Waals surface area contributed by atoms with E-state index in [-0.39, 0.29) is 11.5 Å². The van der Waals surface area contributed by atoms with E-state index < -0.39 is 0 Å². The Kier molecular flexibility index (Phi) is 3.55. The molecule has 0 bridgehead atoms. The van der Waals surface area contributed by atoms with Crippen molar-refractivity contribution < 1.29 is 9.53 Å². The highest BCUT2D eigenvalue weighted by atomic mass is 32.1. The van der Waals surface area contributed by atoms with Crippen LogP contribution in [0.4, 0.5) is 5.13 Å². The van der Waals surface area contributed by atoms with Crippen molar-refractivity contribution in [2.45, 2.75) is 24.9 Å². The van der Waals surface area contributed by atoms with Crippen molar-refractivity contribution in [3.05, 3.63) is 46.6 Å². The first-order valence-corrected chi connectivity index (χ1v) is 9.79. The lowest BCUT2D eigenvalue weighted by atomic mass is 9.83. The number of nitrogens with zero attached hydrogens (tertiary/aromatic N) is 2. The zero-order valence-electron chi connectivity index (χ0n) is 14.3. The lowest BCUT2D eigenvalue weighted by molar-refractivity contribution is -0.0957. The SMILES string of the molecule is Nc1nc(C(=O)N2CCC3(CC2)OCCc2c3[nH]c3ccccc23)cs1. The summed E-state index contributed by atoms with van der Waals surface area (Å²) < 4.78 is 6.30. The molecule has 26 heavy (non-hydrogen) atoms. The third-order valence-corrected chi connectivity index (χ3v) is 6.27. The second-order valence-electron chi connectivity index (χ2n) is 6.98. The van der Waals surface area contributed by atoms with Crippen LogP contribution in [0.1, 0.15) is 34.6 Å². The molecule has 1 saturated heterocycles. The molecule has 0 saturated carbocycles. The lowest BCUT2D eigenvalue weighted by Crippen LogP contribution is -2.48. The predicted octanol–water partition coefficient (Wildman–Crippen LogP) is 2.91. The molecule has 0 unspecified atom stereocenters. The van der Waals surface area contributed by atoms with Gasteiger partial charge in [-0.15, -0.1) is 11.3 Å². The molecule has 0 radical (unpaired) electrons. The van der Waals surface area contributed by atoms with Crippen LogP contribution in [-0.4, -0.2) is 40.5 Å². The lowest BCUT2D eigenvalue weighted by Gasteiger charge is -2.43. The van der Waals surface area contributed by atoms with Crippen LogP contribution in [0, 0.1) is 0 Å². The third kappa shape index (κ3) is 2.34. The van der Waals surface area contributed by atoms with Gasteiger partial charge in [-0.3, -0.25) is 4.79 Å². The molecule has 7 heteroatoms. The van der Waals surface area contributed by atoms with Gasteiger partial charge >= 0.3 is 0 Å². The minimum absolute atomic E-state index is 0.0412. The van der Waals surface area contributed by atoms with Gasteiger partial charge < -0.3 is 20.4 Å². The number of para-hydroxylation sites is 1. The fraction of sp³-hybridized carbons (Fsp3) is 0.368. The van der Waals surface area contributed by atoms with E-state index in [2.05, 4.69) is 34.2 Å². The highest BCUT2D eigenvalue weighted by Crippen LogP contribution is 2.43. The summed E-state index contributed by atoms with van der Waals surface area (Å²) in [4.78, 5) is 22.2. The van der Waals surface area contributed by atoms with Crippen molar-refractivity contribution in [2.24, 2.45) is 0 Å². The van der Waals surface area contributed by atoms with Crippen LogP contribution < -0.4 is 5.73 Å². The molecule has 2 aliphatic rings. The quantitative estimate of drug-likeness (QED) is 0.692. The molecular weight excluding hydrogens is 348 g/mol. The Morgan fingerprint density at radius 2 is 2.12 bits per heavy atom. The van der Waals surface area contributed by atoms with Gasteiger partial charge in [0.2, 0.25) is 0 Å². The molecule has 6 nitrogen and oxygen atoms in total. The number of nitrogens with two attached hydrogens (primary N) is 1. The molecule has 5 rings (SSSR count). The van der Waals surface area contributed by atoms with Gasteiger partial charge in [-0.25, -0.2) is 4.98 Å². The summed E-state index contributed by atoms with van der Waals surface area (Å²) in [5.74, 6) is -0.0412. The molecule has 1 aromatic carbocycles. The van der Waals surface area contributed by atoms with Crippen LogP contribution in [-0.2, 0) is 16.8 Å². The normalized spacial score (nSPS) is 19.0. The number of anilines is 1. The van der Waals surface area contributed by atoms with Crippen molar-refractivity contribution >= 4 is 33.3 Å². The first-order valence-electron chi connectivity index (χ1n) is 8.91. The second-order valence-corrected chi connectivity index (χ2v) is 7.87. The van der Waals surface area contributed by atoms with Crippen molar-refractivity contribution in [3.8, 4) is 0 Å². The number of rotatable bonds is 1. The Balaban J connectivity index is 1.42. The molecule has 0 aliphatic carbocycles. The maximum atomic E-state index is 12.6. The Morgan fingerprint density at radius 1 is 1.31 bits per heavy atom. The standard InChI is InChI=1S/C19H20N4O2S/c20-18-22-15(11-26-18)17(24)23-8-6-19(7-9-23)16-13(5-10-25-19)12-3-1-2-4-14(12)21-16/h1-4,11,21H,5-10H2,(H2,20,22). The highest BCUT2D eigenvalue weighted by molar-refractivity contribution is 7.13. The number of amides is 1. The van der Waals surface area contributed by atoms with Crippen LogP contribution in [0.15, 0.2) is 29.6 Å². The van der Waals surface area contributed by atoms with Gasteiger partial charge in [0.1, 0.15) is 11.3 Å². The van der Waals surface area contributed by atoms with E-state index in [4.69, 9.17) is 10.5 Å². The summed E-state index contributed by atoms with van der Waals surface area (Å²) in [5, 5.41) is 3.45. The summed E-state index contributed by atoms with van der Waals surface area (Å²) in [7, 11) is 0. The Hall–Kier alpha value is -2.38. The number of H-pyrrole nitrogens is 1. The molecule has 1 spiro atoms. The Morgan fingerprint density at radius 3 is 2.88 bits per heavy atom. The van der Waals surface area contributed by atoms with Gasteiger partial charge in [-0.2, -0.15) is 0 Å². The van der Waals surface area contributed by atoms with Crippen LogP contribution in [0.3, 0.4) is 0 Å². The summed E-state index contributed by atoms with van der Waals surface area (Å²) in [5.41, 5.74) is 9.53. The van der Waals surface area contributed by atoms with E-state index >= 15 is 0 Å². The molecule has 3 aromatic rings. The number of hydrogen-bond acceptors (Lipinski definition) is 5. The zero-order valence-corrected chi connectivity index (χ0v) is 15.1. The third-order valence-electron chi connectivity index (χ3n) is 5.60. The van der Waals surface area contributed by atoms with Gasteiger partial charge in [0, 0.05) is 29.4 Å². The molecule has 2 aliphatic heterocycles. The number of ether oxygens (including phenoxy) is 1. The topological polar surface area (TPSA) is 84.2 Å². The maximum Gasteiger partial charge on any atom is 0.273 e. The fourth-order valence-electron chi connectivity index (χ4n) is 4.28. The number of fused-ring (bicyclic) bond motifs is 4. The summed E-state index contributed by atoms with van der Waals surface area (Å²) >= 11 is 1.30. The minimum Gasteiger partial charge on any atom is -0.375 e. The number of nitrogens with one attached hydrogen (secondary N) is 1. The number of carbonyl (C=O) groups is 1. The van der Waals surface area contributed by atoms with Gasteiger partial charge in [-0.05, 0) is 30.9 Å². The van der Waals surface area contributed by atoms with E-state index in [1.807, 2.05) is 4.90 Å². The van der Waals surface area contributed by atoms with Crippen LogP contribution >= 0.6 is 11.3 Å². The molecule has 2 aromatic heterocycles. The number of aromatic amines is 1. The smallest absolute Gasteiger partial charge is 0.273 e. The number of carbonyl (C=O) groups excluding carboxylic acids is 1. The average Bonchev–Trinajstić information content (AvgIpc) is 3.27. The first kappa shape index (κ1) is 15.8. The average molecular weight is 368 g/mol. The maximum absolute atomic E-state index is 12.6. The molecule has 3 N–H and O–H groups in total. The number of hydrogen-bond donors (Lipinski definition) is 2. The van der Waals surface area contributed by atoms with Crippen molar-refractivity contribution in [3.63, 3.8) is 0 Å². The summed E-state index contributed by atoms with van der Waals surface area (Å²) in [6, 6.07) is 8.43. The zero-order chi connectivity index (χ0) is 17.7. The number of likely N-dealkylation sites (tertiary alicyclic amines) is 1. The van der Waals surface area contributed by atoms with Crippen molar-refractivity contribution in [1.29, 1.82) is 0 Å². The number of aromatic nitrogens is 2. The van der Waals surface area contributed by atoms with Crippen LogP contribution in [0.2, 0.25) is 0 Å². The Bertz CT molecular complexity index is 985. The number of thiazole rings is 1. The number of benzene rings is 1. The van der Waals surface area contributed by atoms with E-state index in [0.717, 1.165) is 25.9 Å². The second kappa shape index (κ2) is 5.82. The highest BCUT2D eigenvalue weighted by Gasteiger charge is 2.43. The van der Waals surface area contributed by atoms with E-state index in [1.165, 1.54) is 33.5 Å². The summed E-state index contributed by atoms with van der Waals surface area (Å²) in [6.45, 7) is 2.04. The minimum atomic E-state index is -0.315. The molecule has 4 heterocycles. The Labute approximate surface area is 155 Å². The number of piperidine rings is 1. The van der Waals surface area contributed by atoms with Crippen molar-refractivity contribution in [1.82, 2.24) is 14.9 Å². The first-order chi connectivity index (χ1) is 12.7. The van der Waals surface area contributed by atoms with Gasteiger partial charge in [0.25, 0.3) is 5.91 Å².